The summed E-state index contributed by atoms with van der Waals surface area (Å²) in [6.45, 7) is 2.80. The standard InChI is InChI=1S/C15H14ClN3/c1-10-7-12(16)4-5-14(10)18-8-11-9-19-15-13(11)3-2-6-17-15/h2-7,9,18H,8H2,1H3,(H,17,19). The van der Waals surface area contributed by atoms with Crippen molar-refractivity contribution in [2.45, 2.75) is 13.5 Å². The Kier molecular flexibility index (Phi) is 3.13. The van der Waals surface area contributed by atoms with Crippen LogP contribution in [-0.4, -0.2) is 9.97 Å². The molecule has 1 aromatic carbocycles. The van der Waals surface area contributed by atoms with Gasteiger partial charge >= 0.3 is 0 Å². The normalized spacial score (nSPS) is 10.8. The van der Waals surface area contributed by atoms with Crippen molar-refractivity contribution in [3.63, 3.8) is 0 Å². The van der Waals surface area contributed by atoms with Crippen molar-refractivity contribution in [2.75, 3.05) is 5.32 Å². The number of aromatic amines is 1. The molecular weight excluding hydrogens is 258 g/mol. The molecule has 2 heterocycles. The number of aromatic nitrogens is 2. The maximum atomic E-state index is 5.95. The van der Waals surface area contributed by atoms with E-state index in [1.165, 1.54) is 5.56 Å². The summed E-state index contributed by atoms with van der Waals surface area (Å²) in [5, 5.41) is 5.35. The molecule has 0 radical (unpaired) electrons. The number of nitrogens with zero attached hydrogens (tertiary/aromatic N) is 1. The smallest absolute Gasteiger partial charge is 0.137 e. The molecule has 3 rings (SSSR count). The third kappa shape index (κ3) is 2.42. The summed E-state index contributed by atoms with van der Waals surface area (Å²) in [6.07, 6.45) is 3.79. The fraction of sp³-hybridized carbons (Fsp3) is 0.133. The molecule has 19 heavy (non-hydrogen) atoms. The van der Waals surface area contributed by atoms with E-state index in [0.29, 0.717) is 0 Å². The second kappa shape index (κ2) is 4.94. The van der Waals surface area contributed by atoms with Crippen LogP contribution in [0.25, 0.3) is 11.0 Å². The molecule has 3 nitrogen and oxygen atoms in total. The van der Waals surface area contributed by atoms with Crippen molar-refractivity contribution in [1.29, 1.82) is 0 Å². The summed E-state index contributed by atoms with van der Waals surface area (Å²) in [5.41, 5.74) is 4.37. The second-order valence-corrected chi connectivity index (χ2v) is 4.96. The molecule has 0 spiro atoms. The second-order valence-electron chi connectivity index (χ2n) is 4.53. The zero-order chi connectivity index (χ0) is 13.2. The SMILES string of the molecule is Cc1cc(Cl)ccc1NCc1c[nH]c2ncccc12. The van der Waals surface area contributed by atoms with Gasteiger partial charge in [0.05, 0.1) is 0 Å². The lowest BCUT2D eigenvalue weighted by Gasteiger charge is -2.09. The van der Waals surface area contributed by atoms with Crippen LogP contribution in [0.1, 0.15) is 11.1 Å². The van der Waals surface area contributed by atoms with E-state index in [9.17, 15) is 0 Å². The molecule has 0 fully saturated rings. The largest absolute Gasteiger partial charge is 0.381 e. The quantitative estimate of drug-likeness (QED) is 0.752. The van der Waals surface area contributed by atoms with Gasteiger partial charge in [-0.2, -0.15) is 0 Å². The number of nitrogens with one attached hydrogen (secondary N) is 2. The minimum Gasteiger partial charge on any atom is -0.381 e. The van der Waals surface area contributed by atoms with E-state index >= 15 is 0 Å². The maximum Gasteiger partial charge on any atom is 0.137 e. The average molecular weight is 272 g/mol. The lowest BCUT2D eigenvalue weighted by atomic mass is 10.2. The van der Waals surface area contributed by atoms with Gasteiger partial charge in [-0.1, -0.05) is 11.6 Å². The van der Waals surface area contributed by atoms with Gasteiger partial charge < -0.3 is 10.3 Å². The highest BCUT2D eigenvalue weighted by Crippen LogP contribution is 2.22. The predicted octanol–water partition coefficient (Wildman–Crippen LogP) is 4.14. The zero-order valence-corrected chi connectivity index (χ0v) is 11.3. The maximum absolute atomic E-state index is 5.95. The van der Waals surface area contributed by atoms with Crippen molar-refractivity contribution >= 4 is 28.3 Å². The lowest BCUT2D eigenvalue weighted by Crippen LogP contribution is -2.00. The van der Waals surface area contributed by atoms with E-state index < -0.39 is 0 Å². The number of fused-ring (bicyclic) bond motifs is 1. The first-order chi connectivity index (χ1) is 9.24. The number of halogens is 1. The molecule has 0 saturated heterocycles. The predicted molar refractivity (Wildman–Crippen MR) is 79.6 cm³/mol. The molecule has 0 saturated carbocycles. The summed E-state index contributed by atoms with van der Waals surface area (Å²) >= 11 is 5.95. The van der Waals surface area contributed by atoms with E-state index in [-0.39, 0.29) is 0 Å². The third-order valence-corrected chi connectivity index (χ3v) is 3.43. The first-order valence-electron chi connectivity index (χ1n) is 6.15. The fourth-order valence-electron chi connectivity index (χ4n) is 2.17. The zero-order valence-electron chi connectivity index (χ0n) is 10.6. The molecule has 0 atom stereocenters. The molecule has 2 aromatic heterocycles. The van der Waals surface area contributed by atoms with E-state index in [0.717, 1.165) is 33.9 Å². The number of rotatable bonds is 3. The van der Waals surface area contributed by atoms with Gasteiger partial charge in [-0.15, -0.1) is 0 Å². The van der Waals surface area contributed by atoms with Crippen LogP contribution < -0.4 is 5.32 Å². The highest BCUT2D eigenvalue weighted by molar-refractivity contribution is 6.30. The van der Waals surface area contributed by atoms with Crippen LogP contribution in [0.3, 0.4) is 0 Å². The first kappa shape index (κ1) is 12.1. The highest BCUT2D eigenvalue weighted by atomic mass is 35.5. The van der Waals surface area contributed by atoms with Gasteiger partial charge in [-0.05, 0) is 48.4 Å². The Morgan fingerprint density at radius 1 is 1.32 bits per heavy atom. The number of hydrogen-bond acceptors (Lipinski definition) is 2. The van der Waals surface area contributed by atoms with Crippen LogP contribution >= 0.6 is 11.6 Å². The summed E-state index contributed by atoms with van der Waals surface area (Å²) < 4.78 is 0. The lowest BCUT2D eigenvalue weighted by molar-refractivity contribution is 1.15. The number of pyridine rings is 1. The van der Waals surface area contributed by atoms with E-state index in [1.807, 2.05) is 37.4 Å². The van der Waals surface area contributed by atoms with Gasteiger partial charge in [0, 0.05) is 35.0 Å². The molecule has 2 N–H and O–H groups in total. The minimum absolute atomic E-state index is 0.758. The number of H-pyrrole nitrogens is 1. The van der Waals surface area contributed by atoms with Crippen molar-refractivity contribution in [2.24, 2.45) is 0 Å². The van der Waals surface area contributed by atoms with Crippen LogP contribution in [0.2, 0.25) is 5.02 Å². The molecule has 4 heteroatoms. The fourth-order valence-corrected chi connectivity index (χ4v) is 2.40. The number of benzene rings is 1. The van der Waals surface area contributed by atoms with Crippen molar-refractivity contribution < 1.29 is 0 Å². The monoisotopic (exact) mass is 271 g/mol. The van der Waals surface area contributed by atoms with Gasteiger partial charge in [0.2, 0.25) is 0 Å². The van der Waals surface area contributed by atoms with Gasteiger partial charge in [-0.25, -0.2) is 4.98 Å². The van der Waals surface area contributed by atoms with E-state index in [4.69, 9.17) is 11.6 Å². The van der Waals surface area contributed by atoms with Crippen LogP contribution in [0.15, 0.2) is 42.7 Å². The first-order valence-corrected chi connectivity index (χ1v) is 6.53. The molecule has 0 aliphatic rings. The molecule has 0 bridgehead atoms. The summed E-state index contributed by atoms with van der Waals surface area (Å²) in [7, 11) is 0. The molecule has 0 aliphatic carbocycles. The summed E-state index contributed by atoms with van der Waals surface area (Å²) in [4.78, 5) is 7.46. The van der Waals surface area contributed by atoms with Gasteiger partial charge in [0.25, 0.3) is 0 Å². The Morgan fingerprint density at radius 2 is 2.21 bits per heavy atom. The molecule has 0 unspecified atom stereocenters. The molecule has 3 aromatic rings. The van der Waals surface area contributed by atoms with Crippen LogP contribution in [0.4, 0.5) is 5.69 Å². The summed E-state index contributed by atoms with van der Waals surface area (Å²) in [5.74, 6) is 0. The van der Waals surface area contributed by atoms with Gasteiger partial charge in [0.15, 0.2) is 0 Å². The average Bonchev–Trinajstić information content (AvgIpc) is 2.81. The van der Waals surface area contributed by atoms with E-state index in [1.54, 1.807) is 6.20 Å². The minimum atomic E-state index is 0.758. The van der Waals surface area contributed by atoms with Crippen LogP contribution in [0, 0.1) is 6.92 Å². The Labute approximate surface area is 116 Å². The Balaban J connectivity index is 1.82. The third-order valence-electron chi connectivity index (χ3n) is 3.19. The Morgan fingerprint density at radius 3 is 3.05 bits per heavy atom. The topological polar surface area (TPSA) is 40.7 Å². The Bertz CT molecular complexity index is 718. The van der Waals surface area contributed by atoms with Crippen molar-refractivity contribution in [1.82, 2.24) is 9.97 Å². The van der Waals surface area contributed by atoms with Crippen LogP contribution in [0.5, 0.6) is 0 Å². The van der Waals surface area contributed by atoms with Crippen molar-refractivity contribution in [3.8, 4) is 0 Å². The number of aryl methyl sites for hydroxylation is 1. The van der Waals surface area contributed by atoms with Crippen molar-refractivity contribution in [3.05, 3.63) is 58.9 Å². The molecule has 96 valence electrons. The summed E-state index contributed by atoms with van der Waals surface area (Å²) in [6, 6.07) is 9.89. The van der Waals surface area contributed by atoms with E-state index in [2.05, 4.69) is 21.4 Å². The van der Waals surface area contributed by atoms with Gasteiger partial charge in [-0.3, -0.25) is 0 Å². The van der Waals surface area contributed by atoms with Gasteiger partial charge in [0.1, 0.15) is 5.65 Å². The molecule has 0 aliphatic heterocycles. The Hall–Kier alpha value is -2.00. The number of hydrogen-bond donors (Lipinski definition) is 2. The molecular formula is C15H14ClN3. The van der Waals surface area contributed by atoms with Crippen LogP contribution in [-0.2, 0) is 6.54 Å². The number of anilines is 1. The molecule has 0 amide bonds. The highest BCUT2D eigenvalue weighted by Gasteiger charge is 2.04.